The monoisotopic (exact) mass is 213 g/mol. The predicted molar refractivity (Wildman–Crippen MR) is 52.6 cm³/mol. The van der Waals surface area contributed by atoms with Crippen molar-refractivity contribution in [3.05, 3.63) is 29.3 Å². The second kappa shape index (κ2) is 3.45. The summed E-state index contributed by atoms with van der Waals surface area (Å²) in [6.45, 7) is 0.309. The van der Waals surface area contributed by atoms with Crippen molar-refractivity contribution < 1.29 is 13.9 Å². The lowest BCUT2D eigenvalue weighted by molar-refractivity contribution is 0.241. The fraction of sp³-hybridized carbons (Fsp3) is 0.455. The molecular weight excluding hydrogens is 200 g/mol. The normalized spacial score (nSPS) is 18.6. The van der Waals surface area contributed by atoms with Crippen molar-refractivity contribution in [1.82, 2.24) is 0 Å². The molecule has 1 aliphatic carbocycles. The number of hydrogen-bond acceptors (Lipinski definition) is 2. The number of aromatic hydroxyl groups is 1. The molecule has 1 aromatic rings. The summed E-state index contributed by atoms with van der Waals surface area (Å²) in [7, 11) is 0. The molecule has 0 atom stereocenters. The van der Waals surface area contributed by atoms with Crippen LogP contribution in [-0.2, 0) is 5.41 Å². The molecule has 1 saturated carbocycles. The largest absolute Gasteiger partial charge is 0.505 e. The minimum atomic E-state index is -0.912. The zero-order valence-electron chi connectivity index (χ0n) is 8.26. The van der Waals surface area contributed by atoms with Gasteiger partial charge >= 0.3 is 0 Å². The number of nitrogens with two attached hydrogens (primary N) is 1. The molecular formula is C11H13F2NO. The van der Waals surface area contributed by atoms with Crippen LogP contribution in [0, 0.1) is 11.6 Å². The second-order valence-corrected chi connectivity index (χ2v) is 4.12. The molecule has 0 amide bonds. The van der Waals surface area contributed by atoms with Crippen molar-refractivity contribution in [3.63, 3.8) is 0 Å². The van der Waals surface area contributed by atoms with Crippen LogP contribution in [0.15, 0.2) is 12.1 Å². The van der Waals surface area contributed by atoms with Gasteiger partial charge in [0.25, 0.3) is 0 Å². The highest BCUT2D eigenvalue weighted by Crippen LogP contribution is 2.46. The van der Waals surface area contributed by atoms with Crippen LogP contribution in [0.5, 0.6) is 5.75 Å². The van der Waals surface area contributed by atoms with Crippen LogP contribution in [0.3, 0.4) is 0 Å². The molecule has 1 fully saturated rings. The van der Waals surface area contributed by atoms with E-state index >= 15 is 0 Å². The maximum absolute atomic E-state index is 13.1. The maximum Gasteiger partial charge on any atom is 0.168 e. The summed E-state index contributed by atoms with van der Waals surface area (Å²) >= 11 is 0. The standard InChI is InChI=1S/C11H13F2NO/c12-7-4-8(10(15)9(13)5-7)11(6-14)2-1-3-11/h4-5,15H,1-3,6,14H2. The van der Waals surface area contributed by atoms with Gasteiger partial charge in [-0.15, -0.1) is 0 Å². The Bertz CT molecular complexity index is 383. The van der Waals surface area contributed by atoms with E-state index in [1.165, 1.54) is 6.07 Å². The van der Waals surface area contributed by atoms with Crippen molar-refractivity contribution in [2.24, 2.45) is 5.73 Å². The van der Waals surface area contributed by atoms with Gasteiger partial charge in [0.2, 0.25) is 0 Å². The molecule has 0 spiro atoms. The molecule has 1 aromatic carbocycles. The van der Waals surface area contributed by atoms with Crippen LogP contribution in [0.4, 0.5) is 8.78 Å². The first-order chi connectivity index (χ1) is 7.09. The van der Waals surface area contributed by atoms with Crippen molar-refractivity contribution in [2.45, 2.75) is 24.7 Å². The Morgan fingerprint density at radius 2 is 2.00 bits per heavy atom. The number of benzene rings is 1. The molecule has 0 bridgehead atoms. The summed E-state index contributed by atoms with van der Waals surface area (Å²) in [6.07, 6.45) is 2.54. The first-order valence-corrected chi connectivity index (χ1v) is 4.98. The van der Waals surface area contributed by atoms with Gasteiger partial charge in [-0.3, -0.25) is 0 Å². The number of rotatable bonds is 2. The van der Waals surface area contributed by atoms with Crippen LogP contribution in [0.25, 0.3) is 0 Å². The highest BCUT2D eigenvalue weighted by Gasteiger charge is 2.40. The Morgan fingerprint density at radius 1 is 1.33 bits per heavy atom. The van der Waals surface area contributed by atoms with Crippen LogP contribution in [-0.4, -0.2) is 11.7 Å². The van der Waals surface area contributed by atoms with E-state index in [1.54, 1.807) is 0 Å². The van der Waals surface area contributed by atoms with Gasteiger partial charge in [-0.2, -0.15) is 0 Å². The Balaban J connectivity index is 2.51. The Labute approximate surface area is 86.7 Å². The number of halogens is 2. The third kappa shape index (κ3) is 1.49. The minimum Gasteiger partial charge on any atom is -0.505 e. The van der Waals surface area contributed by atoms with Crippen LogP contribution in [0.1, 0.15) is 24.8 Å². The van der Waals surface area contributed by atoms with Gasteiger partial charge in [-0.25, -0.2) is 8.78 Å². The average Bonchev–Trinajstić information content (AvgIpc) is 2.12. The predicted octanol–water partition coefficient (Wildman–Crippen LogP) is 2.05. The topological polar surface area (TPSA) is 46.2 Å². The fourth-order valence-corrected chi connectivity index (χ4v) is 2.16. The second-order valence-electron chi connectivity index (χ2n) is 4.12. The Morgan fingerprint density at radius 3 is 2.47 bits per heavy atom. The first-order valence-electron chi connectivity index (χ1n) is 4.98. The van der Waals surface area contributed by atoms with E-state index in [2.05, 4.69) is 0 Å². The summed E-state index contributed by atoms with van der Waals surface area (Å²) in [6, 6.07) is 1.87. The smallest absolute Gasteiger partial charge is 0.168 e. The van der Waals surface area contributed by atoms with E-state index in [9.17, 15) is 13.9 Å². The van der Waals surface area contributed by atoms with E-state index in [0.717, 1.165) is 19.3 Å². The van der Waals surface area contributed by atoms with Crippen LogP contribution in [0.2, 0.25) is 0 Å². The summed E-state index contributed by atoms with van der Waals surface area (Å²) in [4.78, 5) is 0. The van der Waals surface area contributed by atoms with E-state index in [-0.39, 0.29) is 0 Å². The van der Waals surface area contributed by atoms with Crippen LogP contribution < -0.4 is 5.73 Å². The molecule has 0 radical (unpaired) electrons. The lowest BCUT2D eigenvalue weighted by Gasteiger charge is -2.41. The van der Waals surface area contributed by atoms with E-state index in [4.69, 9.17) is 5.73 Å². The molecule has 2 rings (SSSR count). The molecule has 82 valence electrons. The van der Waals surface area contributed by atoms with Crippen molar-refractivity contribution in [2.75, 3.05) is 6.54 Å². The quantitative estimate of drug-likeness (QED) is 0.789. The molecule has 3 N–H and O–H groups in total. The molecule has 0 aliphatic heterocycles. The molecule has 4 heteroatoms. The van der Waals surface area contributed by atoms with Gasteiger partial charge < -0.3 is 10.8 Å². The SMILES string of the molecule is NCC1(c2cc(F)cc(F)c2O)CCC1. The summed E-state index contributed by atoms with van der Waals surface area (Å²) in [5.41, 5.74) is 5.50. The third-order valence-corrected chi connectivity index (χ3v) is 3.30. The van der Waals surface area contributed by atoms with Crippen molar-refractivity contribution >= 4 is 0 Å². The first kappa shape index (κ1) is 10.4. The molecule has 1 aliphatic rings. The lowest BCUT2D eigenvalue weighted by Crippen LogP contribution is -2.41. The molecule has 0 aromatic heterocycles. The van der Waals surface area contributed by atoms with E-state index in [0.29, 0.717) is 18.2 Å². The fourth-order valence-electron chi connectivity index (χ4n) is 2.16. The van der Waals surface area contributed by atoms with Crippen LogP contribution >= 0.6 is 0 Å². The van der Waals surface area contributed by atoms with Gasteiger partial charge in [0.1, 0.15) is 5.82 Å². The summed E-state index contributed by atoms with van der Waals surface area (Å²) < 4.78 is 26.2. The van der Waals surface area contributed by atoms with Gasteiger partial charge in [0, 0.05) is 23.6 Å². The summed E-state index contributed by atoms with van der Waals surface area (Å²) in [5, 5.41) is 9.56. The third-order valence-electron chi connectivity index (χ3n) is 3.30. The van der Waals surface area contributed by atoms with E-state index < -0.39 is 22.8 Å². The maximum atomic E-state index is 13.1. The van der Waals surface area contributed by atoms with Crippen molar-refractivity contribution in [3.8, 4) is 5.75 Å². The Hall–Kier alpha value is -1.16. The Kier molecular flexibility index (Phi) is 2.38. The molecule has 0 unspecified atom stereocenters. The molecule has 15 heavy (non-hydrogen) atoms. The molecule has 2 nitrogen and oxygen atoms in total. The van der Waals surface area contributed by atoms with Gasteiger partial charge in [-0.1, -0.05) is 6.42 Å². The van der Waals surface area contributed by atoms with Crippen molar-refractivity contribution in [1.29, 1.82) is 0 Å². The summed E-state index contributed by atoms with van der Waals surface area (Å²) in [5.74, 6) is -2.04. The van der Waals surface area contributed by atoms with Gasteiger partial charge in [0.15, 0.2) is 11.6 Å². The zero-order chi connectivity index (χ0) is 11.1. The highest BCUT2D eigenvalue weighted by atomic mass is 19.1. The number of phenols is 1. The average molecular weight is 213 g/mol. The van der Waals surface area contributed by atoms with E-state index in [1.807, 2.05) is 0 Å². The minimum absolute atomic E-state index is 0.309. The molecule has 0 saturated heterocycles. The zero-order valence-corrected chi connectivity index (χ0v) is 8.26. The van der Waals surface area contributed by atoms with Gasteiger partial charge in [0.05, 0.1) is 0 Å². The number of hydrogen-bond donors (Lipinski definition) is 2. The lowest BCUT2D eigenvalue weighted by atomic mass is 9.64. The van der Waals surface area contributed by atoms with Gasteiger partial charge in [-0.05, 0) is 18.9 Å². The molecule has 0 heterocycles. The highest BCUT2D eigenvalue weighted by molar-refractivity contribution is 5.42. The number of phenolic OH excluding ortho intramolecular Hbond substituents is 1.